The van der Waals surface area contributed by atoms with Gasteiger partial charge in [-0.05, 0) is 74.0 Å². The van der Waals surface area contributed by atoms with E-state index in [0.29, 0.717) is 16.2 Å². The third kappa shape index (κ3) is 56.3. The molecule has 0 spiro atoms. The first-order valence-corrected chi connectivity index (χ1v) is 13.8. The number of carbonyl (C=O) groups is 3. The zero-order chi connectivity index (χ0) is 28.8. The SMILES string of the molecule is CC(C)(C)CCCCCC(=O)[O-].CC(C)(C)CCCCCC(=O)[O-].CC(C)(C)CCCCCC(=O)[O-].[Fe+3]. The molecule has 0 aliphatic carbocycles. The first kappa shape index (κ1) is 43.0. The van der Waals surface area contributed by atoms with Gasteiger partial charge in [-0.25, -0.2) is 0 Å². The molecule has 0 heterocycles. The van der Waals surface area contributed by atoms with Crippen molar-refractivity contribution in [1.82, 2.24) is 0 Å². The maximum atomic E-state index is 10.0. The normalized spacial score (nSPS) is 11.3. The van der Waals surface area contributed by atoms with Crippen molar-refractivity contribution in [2.24, 2.45) is 16.2 Å². The van der Waals surface area contributed by atoms with E-state index in [1.165, 1.54) is 19.3 Å². The Balaban J connectivity index is -0.000000218. The van der Waals surface area contributed by atoms with Gasteiger partial charge in [0.05, 0.1) is 0 Å². The second-order valence-electron chi connectivity index (χ2n) is 13.5. The van der Waals surface area contributed by atoms with Crippen molar-refractivity contribution in [1.29, 1.82) is 0 Å². The predicted octanol–water partition coefficient (Wildman–Crippen LogP) is 5.20. The second-order valence-corrected chi connectivity index (χ2v) is 13.5. The quantitative estimate of drug-likeness (QED) is 0.198. The minimum atomic E-state index is -0.925. The molecule has 7 heteroatoms. The molecule has 0 saturated heterocycles. The zero-order valence-electron chi connectivity index (χ0n) is 25.4. The van der Waals surface area contributed by atoms with E-state index in [4.69, 9.17) is 0 Å². The first-order chi connectivity index (χ1) is 16.2. The van der Waals surface area contributed by atoms with E-state index < -0.39 is 17.9 Å². The Morgan fingerprint density at radius 2 is 0.595 bits per heavy atom. The predicted molar refractivity (Wildman–Crippen MR) is 143 cm³/mol. The molecule has 0 atom stereocenters. The summed E-state index contributed by atoms with van der Waals surface area (Å²) in [6.07, 6.45) is 12.8. The van der Waals surface area contributed by atoms with Crippen molar-refractivity contribution < 1.29 is 46.8 Å². The van der Waals surface area contributed by atoms with E-state index in [1.807, 2.05) is 0 Å². The minimum Gasteiger partial charge on any atom is -0.550 e. The molecule has 0 amide bonds. The van der Waals surface area contributed by atoms with Gasteiger partial charge >= 0.3 is 17.1 Å². The molecule has 0 aromatic rings. The fourth-order valence-corrected chi connectivity index (χ4v) is 3.30. The number of carboxylic acids is 3. The number of carbonyl (C=O) groups excluding carboxylic acids is 3. The molecule has 0 aromatic carbocycles. The smallest absolute Gasteiger partial charge is 0.550 e. The third-order valence-electron chi connectivity index (χ3n) is 5.42. The summed E-state index contributed by atoms with van der Waals surface area (Å²) in [6, 6.07) is 0. The van der Waals surface area contributed by atoms with Crippen LogP contribution in [0.1, 0.15) is 159 Å². The molecule has 1 radical (unpaired) electrons. The van der Waals surface area contributed by atoms with E-state index in [9.17, 15) is 29.7 Å². The van der Waals surface area contributed by atoms with Gasteiger partial charge in [0.25, 0.3) is 0 Å². The Morgan fingerprint density at radius 1 is 0.405 bits per heavy atom. The summed E-state index contributed by atoms with van der Waals surface area (Å²) in [5.74, 6) is -2.78. The Kier molecular flexibility index (Phi) is 27.9. The number of carboxylic acid groups (broad SMARTS) is 3. The summed E-state index contributed by atoms with van der Waals surface area (Å²) >= 11 is 0. The number of hydrogen-bond donors (Lipinski definition) is 0. The van der Waals surface area contributed by atoms with E-state index in [0.717, 1.165) is 57.8 Å². The van der Waals surface area contributed by atoms with Gasteiger partial charge in [0.15, 0.2) is 0 Å². The molecule has 0 aliphatic heterocycles. The maximum absolute atomic E-state index is 10.0. The van der Waals surface area contributed by atoms with Gasteiger partial charge in [-0.15, -0.1) is 0 Å². The van der Waals surface area contributed by atoms with Gasteiger partial charge in [-0.1, -0.05) is 101 Å². The van der Waals surface area contributed by atoms with Crippen LogP contribution in [0.2, 0.25) is 0 Å². The van der Waals surface area contributed by atoms with Crippen LogP contribution in [0, 0.1) is 16.2 Å². The Morgan fingerprint density at radius 3 is 0.730 bits per heavy atom. The summed E-state index contributed by atoms with van der Waals surface area (Å²) in [5, 5.41) is 30.1. The second kappa shape index (κ2) is 24.0. The van der Waals surface area contributed by atoms with Crippen LogP contribution >= 0.6 is 0 Å². The molecule has 0 N–H and O–H groups in total. The fraction of sp³-hybridized carbons (Fsp3) is 0.900. The van der Waals surface area contributed by atoms with Gasteiger partial charge in [0.1, 0.15) is 0 Å². The molecule has 0 fully saturated rings. The molecular formula is C30H57FeO6. The van der Waals surface area contributed by atoms with Crippen LogP contribution in [-0.2, 0) is 31.5 Å². The zero-order valence-corrected chi connectivity index (χ0v) is 26.5. The maximum Gasteiger partial charge on any atom is 3.00 e. The summed E-state index contributed by atoms with van der Waals surface area (Å²) in [7, 11) is 0. The third-order valence-corrected chi connectivity index (χ3v) is 5.42. The van der Waals surface area contributed by atoms with Crippen molar-refractivity contribution in [3.05, 3.63) is 0 Å². The van der Waals surface area contributed by atoms with E-state index in [2.05, 4.69) is 62.3 Å². The van der Waals surface area contributed by atoms with Crippen LogP contribution in [0.5, 0.6) is 0 Å². The molecule has 6 nitrogen and oxygen atoms in total. The topological polar surface area (TPSA) is 120 Å². The van der Waals surface area contributed by atoms with Crippen molar-refractivity contribution in [3.63, 3.8) is 0 Å². The summed E-state index contributed by atoms with van der Waals surface area (Å²) in [5.41, 5.74) is 1.13. The van der Waals surface area contributed by atoms with Crippen LogP contribution in [0.15, 0.2) is 0 Å². The molecular weight excluding hydrogens is 512 g/mol. The fourth-order valence-electron chi connectivity index (χ4n) is 3.30. The van der Waals surface area contributed by atoms with Gasteiger partial charge in [-0.2, -0.15) is 0 Å². The molecule has 0 unspecified atom stereocenters. The van der Waals surface area contributed by atoms with Crippen LogP contribution in [0.3, 0.4) is 0 Å². The first-order valence-electron chi connectivity index (χ1n) is 13.8. The Bertz CT molecular complexity index is 487. The van der Waals surface area contributed by atoms with Crippen molar-refractivity contribution in [3.8, 4) is 0 Å². The number of rotatable bonds is 15. The van der Waals surface area contributed by atoms with E-state index in [1.54, 1.807) is 0 Å². The van der Waals surface area contributed by atoms with Crippen LogP contribution in [0.25, 0.3) is 0 Å². The van der Waals surface area contributed by atoms with Crippen molar-refractivity contribution in [2.75, 3.05) is 0 Å². The molecule has 0 bridgehead atoms. The Labute approximate surface area is 239 Å². The van der Waals surface area contributed by atoms with Gasteiger partial charge < -0.3 is 29.7 Å². The summed E-state index contributed by atoms with van der Waals surface area (Å²) in [6.45, 7) is 19.8. The molecule has 0 aliphatic rings. The summed E-state index contributed by atoms with van der Waals surface area (Å²) in [4.78, 5) is 30.1. The largest absolute Gasteiger partial charge is 3.00 e. The minimum absolute atomic E-state index is 0. The van der Waals surface area contributed by atoms with E-state index in [-0.39, 0.29) is 36.3 Å². The van der Waals surface area contributed by atoms with Crippen LogP contribution < -0.4 is 15.3 Å². The monoisotopic (exact) mass is 569 g/mol. The standard InChI is InChI=1S/3C10H20O2.Fe/c3*1-10(2,3)8-6-4-5-7-9(11)12;/h3*4-8H2,1-3H3,(H,11,12);/q;;;+3/p-3. The van der Waals surface area contributed by atoms with Crippen LogP contribution in [-0.4, -0.2) is 17.9 Å². The molecule has 0 saturated carbocycles. The van der Waals surface area contributed by atoms with Gasteiger partial charge in [0.2, 0.25) is 0 Å². The average molecular weight is 570 g/mol. The van der Waals surface area contributed by atoms with Crippen LogP contribution in [0.4, 0.5) is 0 Å². The van der Waals surface area contributed by atoms with Gasteiger partial charge in [0, 0.05) is 17.9 Å². The molecule has 0 rings (SSSR count). The van der Waals surface area contributed by atoms with Gasteiger partial charge in [-0.3, -0.25) is 0 Å². The summed E-state index contributed by atoms with van der Waals surface area (Å²) < 4.78 is 0. The van der Waals surface area contributed by atoms with E-state index >= 15 is 0 Å². The Hall–Kier alpha value is -1.07. The number of aliphatic carboxylic acids is 3. The number of hydrogen-bond acceptors (Lipinski definition) is 6. The van der Waals surface area contributed by atoms with Crippen molar-refractivity contribution >= 4 is 17.9 Å². The molecule has 37 heavy (non-hydrogen) atoms. The molecule has 0 aromatic heterocycles. The molecule has 221 valence electrons. The number of unbranched alkanes of at least 4 members (excludes halogenated alkanes) is 6. The average Bonchev–Trinajstić information content (AvgIpc) is 2.65. The van der Waals surface area contributed by atoms with Crippen molar-refractivity contribution in [2.45, 2.75) is 159 Å².